The van der Waals surface area contributed by atoms with Crippen LogP contribution in [0.4, 0.5) is 0 Å². The molecule has 3 aromatic carbocycles. The van der Waals surface area contributed by atoms with Gasteiger partial charge in [-0.1, -0.05) is 146 Å². The molecular formula is C80H102N2O18. The van der Waals surface area contributed by atoms with E-state index in [9.17, 15) is 43.8 Å². The summed E-state index contributed by atoms with van der Waals surface area (Å²) in [4.78, 5) is 129. The van der Waals surface area contributed by atoms with Crippen LogP contribution >= 0.6 is 0 Å². The number of carbonyl (C=O) groups excluding carboxylic acids is 9. The zero-order chi connectivity index (χ0) is 72.0. The van der Waals surface area contributed by atoms with Gasteiger partial charge in [-0.25, -0.2) is 9.59 Å². The maximum atomic E-state index is 16.0. The van der Waals surface area contributed by atoms with Gasteiger partial charge in [0, 0.05) is 50.5 Å². The molecule has 0 spiro atoms. The predicted molar refractivity (Wildman–Crippen MR) is 367 cm³/mol. The smallest absolute Gasteiger partial charge is 0.350 e. The van der Waals surface area contributed by atoms with E-state index in [4.69, 9.17) is 33.2 Å². The molecular weight excluding hydrogens is 1280 g/mol. The van der Waals surface area contributed by atoms with Gasteiger partial charge < -0.3 is 54.0 Å². The van der Waals surface area contributed by atoms with Crippen LogP contribution in [0.25, 0.3) is 0 Å². The molecule has 3 aromatic rings. The largest absolute Gasteiger partial charge is 0.462 e. The summed E-state index contributed by atoms with van der Waals surface area (Å²) in [6.45, 7) is 19.1. The summed E-state index contributed by atoms with van der Waals surface area (Å²) in [6, 6.07) is 22.4. The lowest BCUT2D eigenvalue weighted by molar-refractivity contribution is -0.346. The van der Waals surface area contributed by atoms with Gasteiger partial charge in [0.2, 0.25) is 12.0 Å². The highest BCUT2D eigenvalue weighted by molar-refractivity contribution is 5.97. The Morgan fingerprint density at radius 2 is 1.41 bits per heavy atom. The summed E-state index contributed by atoms with van der Waals surface area (Å²) in [5.41, 5.74) is -6.12. The molecule has 7 aliphatic carbocycles. The minimum atomic E-state index is -2.53. The molecule has 11 rings (SSSR count). The molecule has 2 amide bonds. The van der Waals surface area contributed by atoms with Gasteiger partial charge in [0.15, 0.2) is 17.5 Å². The number of benzene rings is 3. The van der Waals surface area contributed by atoms with Crippen LogP contribution in [-0.2, 0) is 66.7 Å². The number of esters is 6. The lowest BCUT2D eigenvalue weighted by Gasteiger charge is -2.67. The molecule has 2 bridgehead atoms. The Balaban J connectivity index is 0.830. The molecule has 0 radical (unpaired) electrons. The highest BCUT2D eigenvalue weighted by Gasteiger charge is 2.78. The van der Waals surface area contributed by atoms with E-state index in [1.807, 2.05) is 0 Å². The van der Waals surface area contributed by atoms with Crippen molar-refractivity contribution < 1.29 is 86.5 Å². The van der Waals surface area contributed by atoms with E-state index in [0.717, 1.165) is 44.4 Å². The number of allylic oxidation sites excluding steroid dienone is 1. The first kappa shape index (κ1) is 73.7. The Kier molecular flexibility index (Phi) is 21.4. The number of amides is 2. The van der Waals surface area contributed by atoms with Gasteiger partial charge in [0.1, 0.15) is 42.6 Å². The number of nitrogens with one attached hydrogen (secondary N) is 2. The number of hydrogen-bond acceptors (Lipinski definition) is 18. The summed E-state index contributed by atoms with van der Waals surface area (Å²) in [5, 5.41) is 31.9. The standard InChI is InChI=1S/C80H102N2O18/c1-45(2)22-21-23-46(3)56-32-33-57-55-31-30-53-40-54(36-38-76(53,9)58(55)37-39-77(56,57)10)96-63(87)35-34-62(86)81-43-64(88)98-68(66(50-24-15-12-16-25-50)82-72(90)51-26-17-13-18-27-51)74(92)97-59-42-80(93)71(99-73(91)52-28-19-14-20-29-52)69-78(11,60(85)41-61-79(69,44-94-61)100-49(6)84)70(89)67(95-48(5)83)65(47(59)4)75(80,7)8/h12-20,24-30,45-46,54-61,66-69,71,85,93H,21-23,31-44H2,1-11H3,(H,81,86)(H,82,90)/t46?,54-,55?,56?,57?,58?,59-,60-,61+,66-,67+,68+,69-,71-,76-,77+,78+,79-,80+/m0/s1. The molecule has 0 aromatic heterocycles. The molecule has 19 atom stereocenters. The van der Waals surface area contributed by atoms with Gasteiger partial charge in [0.05, 0.1) is 36.0 Å². The van der Waals surface area contributed by atoms with E-state index in [1.54, 1.807) is 66.7 Å². The Hall–Kier alpha value is -7.55. The molecule has 540 valence electrons. The minimum Gasteiger partial charge on any atom is -0.462 e. The maximum Gasteiger partial charge on any atom is 0.350 e. The zero-order valence-electron chi connectivity index (χ0n) is 59.8. The first-order valence-corrected chi connectivity index (χ1v) is 36.2. The van der Waals surface area contributed by atoms with Crippen LogP contribution in [0, 0.1) is 63.1 Å². The molecule has 20 nitrogen and oxygen atoms in total. The Labute approximate surface area is 587 Å². The van der Waals surface area contributed by atoms with Gasteiger partial charge in [-0.3, -0.25) is 33.6 Å². The maximum absolute atomic E-state index is 16.0. The Morgan fingerprint density at radius 3 is 2.05 bits per heavy atom. The van der Waals surface area contributed by atoms with Crippen LogP contribution in [0.3, 0.4) is 0 Å². The average Bonchev–Trinajstić information content (AvgIpc) is 0.745. The number of aliphatic hydroxyl groups excluding tert-OH is 1. The quantitative estimate of drug-likeness (QED) is 0.0413. The summed E-state index contributed by atoms with van der Waals surface area (Å²) in [7, 11) is 0. The summed E-state index contributed by atoms with van der Waals surface area (Å²) in [6.07, 6.45) is 2.53. The molecule has 1 heterocycles. The van der Waals surface area contributed by atoms with Crippen molar-refractivity contribution in [2.75, 3.05) is 13.2 Å². The van der Waals surface area contributed by atoms with Crippen molar-refractivity contribution in [3.8, 4) is 0 Å². The van der Waals surface area contributed by atoms with Crippen LogP contribution in [0.15, 0.2) is 114 Å². The second-order valence-electron chi connectivity index (χ2n) is 31.7. The third-order valence-electron chi connectivity index (χ3n) is 25.3. The van der Waals surface area contributed by atoms with Crippen molar-refractivity contribution in [2.24, 2.45) is 63.1 Å². The number of Topliss-reactive ketones (excluding diaryl/α,β-unsaturated/α-hetero) is 1. The average molecular weight is 1380 g/mol. The van der Waals surface area contributed by atoms with Crippen LogP contribution < -0.4 is 10.6 Å². The minimum absolute atomic E-state index is 0.0205. The van der Waals surface area contributed by atoms with Gasteiger partial charge in [-0.2, -0.15) is 0 Å². The predicted octanol–water partition coefficient (Wildman–Crippen LogP) is 11.1. The van der Waals surface area contributed by atoms with E-state index >= 15 is 9.59 Å². The number of carbonyl (C=O) groups is 9. The van der Waals surface area contributed by atoms with Crippen molar-refractivity contribution in [1.82, 2.24) is 10.6 Å². The third-order valence-corrected chi connectivity index (χ3v) is 25.3. The molecule has 5 unspecified atom stereocenters. The fourth-order valence-corrected chi connectivity index (χ4v) is 19.9. The molecule has 6 fully saturated rings. The number of fused-ring (bicyclic) bond motifs is 10. The number of ether oxygens (including phenoxy) is 7. The fourth-order valence-electron chi connectivity index (χ4n) is 19.9. The second kappa shape index (κ2) is 29.1. The molecule has 100 heavy (non-hydrogen) atoms. The van der Waals surface area contributed by atoms with E-state index in [2.05, 4.69) is 51.3 Å². The van der Waals surface area contributed by atoms with Crippen molar-refractivity contribution in [2.45, 2.75) is 232 Å². The summed E-state index contributed by atoms with van der Waals surface area (Å²) in [5.74, 6) is -5.55. The topological polar surface area (TPSA) is 283 Å². The van der Waals surface area contributed by atoms with Gasteiger partial charge in [-0.15, -0.1) is 0 Å². The highest BCUT2D eigenvalue weighted by Crippen LogP contribution is 2.68. The SMILES string of the molecule is CC(=O)O[C@H]1C(=O)[C@@]2(C)[C@H]([C@H](OC(=O)c3ccccc3)[C@]3(O)C[C@H](OC(=O)[C@H](OC(=O)CNC(=O)CCC(=O)O[C@H]4CC[C@@]5(C)C(=CCC6C7CCC(C(C)CCCC(C)C)[C@@]7(C)CCC65)C4)[C@@H](NC(=O)c4ccccc4)c4ccccc4)C(C)=C1C3(C)C)[C@]1(OC(C)=O)CO[C@@H]1C[C@@H]2O. The van der Waals surface area contributed by atoms with Crippen LogP contribution in [-0.4, -0.2) is 131 Å². The lowest BCUT2D eigenvalue weighted by atomic mass is 9.44. The van der Waals surface area contributed by atoms with Crippen LogP contribution in [0.5, 0.6) is 0 Å². The van der Waals surface area contributed by atoms with E-state index in [-0.39, 0.29) is 65.2 Å². The molecule has 4 N–H and O–H groups in total. The van der Waals surface area contributed by atoms with E-state index in [0.29, 0.717) is 36.0 Å². The number of ketones is 1. The van der Waals surface area contributed by atoms with Crippen molar-refractivity contribution in [1.29, 1.82) is 0 Å². The van der Waals surface area contributed by atoms with Gasteiger partial charge in [-0.05, 0) is 146 Å². The molecule has 5 saturated carbocycles. The normalized spacial score (nSPS) is 33.9. The molecule has 1 aliphatic heterocycles. The molecule has 8 aliphatic rings. The van der Waals surface area contributed by atoms with Gasteiger partial charge >= 0.3 is 35.8 Å². The number of hydrogen-bond donors (Lipinski definition) is 4. The summed E-state index contributed by atoms with van der Waals surface area (Å²) >= 11 is 0. The number of rotatable bonds is 22. The summed E-state index contributed by atoms with van der Waals surface area (Å²) < 4.78 is 43.3. The van der Waals surface area contributed by atoms with Crippen LogP contribution in [0.2, 0.25) is 0 Å². The van der Waals surface area contributed by atoms with Crippen molar-refractivity contribution in [3.63, 3.8) is 0 Å². The van der Waals surface area contributed by atoms with Crippen molar-refractivity contribution in [3.05, 3.63) is 130 Å². The highest BCUT2D eigenvalue weighted by atomic mass is 16.6. The first-order chi connectivity index (χ1) is 47.4. The Bertz CT molecular complexity index is 3660. The van der Waals surface area contributed by atoms with Crippen molar-refractivity contribution >= 4 is 53.4 Å². The Morgan fingerprint density at radius 1 is 0.740 bits per heavy atom. The lowest BCUT2D eigenvalue weighted by Crippen LogP contribution is -2.82. The van der Waals surface area contributed by atoms with Crippen LogP contribution in [0.1, 0.15) is 205 Å². The molecule has 1 saturated heterocycles. The monoisotopic (exact) mass is 1380 g/mol. The zero-order valence-corrected chi connectivity index (χ0v) is 59.8. The van der Waals surface area contributed by atoms with E-state index in [1.165, 1.54) is 102 Å². The molecule has 20 heteroatoms. The fraction of sp³-hybridized carbons (Fsp3) is 0.613. The van der Waals surface area contributed by atoms with E-state index < -0.39 is 137 Å². The van der Waals surface area contributed by atoms with Gasteiger partial charge in [0.25, 0.3) is 5.91 Å². The third kappa shape index (κ3) is 13.7. The number of aliphatic hydroxyl groups is 2. The second-order valence-corrected chi connectivity index (χ2v) is 31.7. The first-order valence-electron chi connectivity index (χ1n) is 36.2.